The number of hydrogen-bond donors (Lipinski definition) is 1. The third kappa shape index (κ3) is 2.70. The molecule has 2 atom stereocenters. The van der Waals surface area contributed by atoms with Crippen molar-refractivity contribution < 1.29 is 14.6 Å². The van der Waals surface area contributed by atoms with Gasteiger partial charge in [-0.25, -0.2) is 0 Å². The van der Waals surface area contributed by atoms with E-state index in [2.05, 4.69) is 5.10 Å². The molecule has 2 unspecified atom stereocenters. The first-order chi connectivity index (χ1) is 8.61. The van der Waals surface area contributed by atoms with Crippen molar-refractivity contribution in [2.24, 2.45) is 5.92 Å². The molecule has 1 aliphatic heterocycles. The third-order valence-electron chi connectivity index (χ3n) is 3.38. The Bertz CT molecular complexity index is 418. The first-order valence-electron chi connectivity index (χ1n) is 6.14. The zero-order valence-electron chi connectivity index (χ0n) is 10.7. The number of nitrogens with zero attached hydrogens (tertiary/aromatic N) is 3. The Labute approximate surface area is 106 Å². The molecule has 1 saturated heterocycles. The molecule has 1 aromatic rings. The minimum atomic E-state index is -0.784. The van der Waals surface area contributed by atoms with Crippen LogP contribution in [0, 0.1) is 5.92 Å². The van der Waals surface area contributed by atoms with Crippen LogP contribution < -0.4 is 0 Å². The highest BCUT2D eigenvalue weighted by atomic mass is 16.5. The summed E-state index contributed by atoms with van der Waals surface area (Å²) in [5, 5.41) is 13.3. The molecular weight excluding hydrogens is 234 g/mol. The third-order valence-corrected chi connectivity index (χ3v) is 3.38. The van der Waals surface area contributed by atoms with Crippen LogP contribution in [0.4, 0.5) is 0 Å². The maximum Gasteiger partial charge on any atom is 0.310 e. The van der Waals surface area contributed by atoms with Gasteiger partial charge >= 0.3 is 5.97 Å². The second-order valence-corrected chi connectivity index (χ2v) is 4.67. The Morgan fingerprint density at radius 2 is 2.44 bits per heavy atom. The summed E-state index contributed by atoms with van der Waals surface area (Å²) in [6, 6.07) is -0.0625. The fraction of sp³-hybridized carbons (Fsp3) is 0.667. The summed E-state index contributed by atoms with van der Waals surface area (Å²) >= 11 is 0. The molecule has 1 fully saturated rings. The Hall–Kier alpha value is -1.40. The Morgan fingerprint density at radius 3 is 3.06 bits per heavy atom. The molecule has 18 heavy (non-hydrogen) atoms. The Kier molecular flexibility index (Phi) is 3.98. The minimum Gasteiger partial charge on any atom is -0.481 e. The smallest absolute Gasteiger partial charge is 0.310 e. The lowest BCUT2D eigenvalue weighted by Gasteiger charge is -2.25. The fourth-order valence-electron chi connectivity index (χ4n) is 2.28. The standard InChI is InChI=1S/C12H19N3O3/c1-3-15-6-9(4-13-15)5-14(2)11-8-18-7-10(11)12(16)17/h4,6,10-11H,3,5,7-8H2,1-2H3,(H,16,17). The van der Waals surface area contributed by atoms with Gasteiger partial charge in [0.2, 0.25) is 0 Å². The van der Waals surface area contributed by atoms with E-state index in [0.717, 1.165) is 12.1 Å². The fourth-order valence-corrected chi connectivity index (χ4v) is 2.28. The molecule has 6 nitrogen and oxygen atoms in total. The number of carboxylic acids is 1. The number of ether oxygens (including phenoxy) is 1. The monoisotopic (exact) mass is 253 g/mol. The average Bonchev–Trinajstić information content (AvgIpc) is 2.96. The predicted molar refractivity (Wildman–Crippen MR) is 65.1 cm³/mol. The van der Waals surface area contributed by atoms with E-state index >= 15 is 0 Å². The van der Waals surface area contributed by atoms with Crippen LogP contribution in [0.1, 0.15) is 12.5 Å². The molecule has 0 saturated carbocycles. The molecule has 0 radical (unpaired) electrons. The van der Waals surface area contributed by atoms with Crippen molar-refractivity contribution in [3.05, 3.63) is 18.0 Å². The van der Waals surface area contributed by atoms with Gasteiger partial charge in [0.25, 0.3) is 0 Å². The highest BCUT2D eigenvalue weighted by molar-refractivity contribution is 5.71. The lowest BCUT2D eigenvalue weighted by Crippen LogP contribution is -2.40. The SMILES string of the molecule is CCn1cc(CN(C)C2COCC2C(=O)O)cn1. The summed E-state index contributed by atoms with van der Waals surface area (Å²) in [6.07, 6.45) is 3.81. The molecular formula is C12H19N3O3. The van der Waals surface area contributed by atoms with Gasteiger partial charge in [0.15, 0.2) is 0 Å². The first kappa shape index (κ1) is 13.0. The van der Waals surface area contributed by atoms with Crippen molar-refractivity contribution in [2.45, 2.75) is 26.1 Å². The Balaban J connectivity index is 1.98. The van der Waals surface area contributed by atoms with Gasteiger partial charge in [0, 0.05) is 30.9 Å². The Morgan fingerprint density at radius 1 is 1.67 bits per heavy atom. The van der Waals surface area contributed by atoms with Crippen molar-refractivity contribution in [1.82, 2.24) is 14.7 Å². The summed E-state index contributed by atoms with van der Waals surface area (Å²) in [4.78, 5) is 13.1. The second-order valence-electron chi connectivity index (χ2n) is 4.67. The molecule has 1 aliphatic rings. The largest absolute Gasteiger partial charge is 0.481 e. The number of carboxylic acid groups (broad SMARTS) is 1. The first-order valence-corrected chi connectivity index (χ1v) is 6.14. The van der Waals surface area contributed by atoms with Crippen molar-refractivity contribution in [1.29, 1.82) is 0 Å². The highest BCUT2D eigenvalue weighted by Gasteiger charge is 2.36. The molecule has 1 aromatic heterocycles. The van der Waals surface area contributed by atoms with Crippen molar-refractivity contribution in [2.75, 3.05) is 20.3 Å². The highest BCUT2D eigenvalue weighted by Crippen LogP contribution is 2.20. The normalized spacial score (nSPS) is 23.7. The van der Waals surface area contributed by atoms with Crippen LogP contribution in [0.15, 0.2) is 12.4 Å². The van der Waals surface area contributed by atoms with Crippen LogP contribution in [0.2, 0.25) is 0 Å². The number of hydrogen-bond acceptors (Lipinski definition) is 4. The summed E-state index contributed by atoms with van der Waals surface area (Å²) in [5.41, 5.74) is 1.09. The van der Waals surface area contributed by atoms with Gasteiger partial charge in [-0.2, -0.15) is 5.10 Å². The van der Waals surface area contributed by atoms with E-state index in [1.54, 1.807) is 0 Å². The van der Waals surface area contributed by atoms with Gasteiger partial charge in [-0.15, -0.1) is 0 Å². The molecule has 2 rings (SSSR count). The van der Waals surface area contributed by atoms with Crippen LogP contribution >= 0.6 is 0 Å². The van der Waals surface area contributed by atoms with E-state index in [4.69, 9.17) is 9.84 Å². The number of aliphatic carboxylic acids is 1. The second kappa shape index (κ2) is 5.49. The van der Waals surface area contributed by atoms with E-state index in [-0.39, 0.29) is 6.04 Å². The molecule has 1 N–H and O–H groups in total. The van der Waals surface area contributed by atoms with Crippen LogP contribution in [0.5, 0.6) is 0 Å². The van der Waals surface area contributed by atoms with E-state index in [9.17, 15) is 4.79 Å². The van der Waals surface area contributed by atoms with Crippen LogP contribution in [0.3, 0.4) is 0 Å². The lowest BCUT2D eigenvalue weighted by atomic mass is 10.0. The maximum atomic E-state index is 11.1. The van der Waals surface area contributed by atoms with E-state index in [0.29, 0.717) is 19.8 Å². The molecule has 0 spiro atoms. The summed E-state index contributed by atoms with van der Waals surface area (Å²) in [5.74, 6) is -1.22. The van der Waals surface area contributed by atoms with Gasteiger partial charge < -0.3 is 9.84 Å². The molecule has 0 aliphatic carbocycles. The van der Waals surface area contributed by atoms with Crippen LogP contribution in [-0.2, 0) is 22.6 Å². The molecule has 6 heteroatoms. The average molecular weight is 253 g/mol. The molecule has 0 bridgehead atoms. The van der Waals surface area contributed by atoms with Gasteiger partial charge in [-0.1, -0.05) is 0 Å². The number of carbonyl (C=O) groups is 1. The zero-order valence-corrected chi connectivity index (χ0v) is 10.7. The van der Waals surface area contributed by atoms with Gasteiger partial charge in [0.05, 0.1) is 25.3 Å². The number of rotatable bonds is 5. The quantitative estimate of drug-likeness (QED) is 0.824. The molecule has 2 heterocycles. The molecule has 100 valence electrons. The van der Waals surface area contributed by atoms with Crippen LogP contribution in [-0.4, -0.2) is 52.1 Å². The summed E-state index contributed by atoms with van der Waals surface area (Å²) in [7, 11) is 1.93. The topological polar surface area (TPSA) is 67.6 Å². The van der Waals surface area contributed by atoms with E-state index in [1.165, 1.54) is 0 Å². The van der Waals surface area contributed by atoms with Gasteiger partial charge in [-0.3, -0.25) is 14.4 Å². The van der Waals surface area contributed by atoms with Crippen LogP contribution in [0.25, 0.3) is 0 Å². The van der Waals surface area contributed by atoms with Gasteiger partial charge in [0.1, 0.15) is 0 Å². The number of aromatic nitrogens is 2. The minimum absolute atomic E-state index is 0.0625. The van der Waals surface area contributed by atoms with Crippen molar-refractivity contribution in [3.63, 3.8) is 0 Å². The summed E-state index contributed by atoms with van der Waals surface area (Å²) < 4.78 is 7.14. The van der Waals surface area contributed by atoms with E-state index < -0.39 is 11.9 Å². The maximum absolute atomic E-state index is 11.1. The number of likely N-dealkylation sites (N-methyl/N-ethyl adjacent to an activating group) is 1. The van der Waals surface area contributed by atoms with Gasteiger partial charge in [-0.05, 0) is 14.0 Å². The predicted octanol–water partition coefficient (Wildman–Crippen LogP) is 0.434. The zero-order chi connectivity index (χ0) is 13.1. The van der Waals surface area contributed by atoms with Crippen molar-refractivity contribution in [3.8, 4) is 0 Å². The lowest BCUT2D eigenvalue weighted by molar-refractivity contribution is -0.143. The molecule has 0 amide bonds. The number of aryl methyl sites for hydroxylation is 1. The van der Waals surface area contributed by atoms with Crippen molar-refractivity contribution >= 4 is 5.97 Å². The van der Waals surface area contributed by atoms with E-state index in [1.807, 2.05) is 35.9 Å². The summed E-state index contributed by atoms with van der Waals surface area (Å²) in [6.45, 7) is 4.35. The molecule has 0 aromatic carbocycles.